The van der Waals surface area contributed by atoms with Crippen molar-refractivity contribution in [3.8, 4) is 0 Å². The van der Waals surface area contributed by atoms with Crippen LogP contribution in [0.3, 0.4) is 0 Å². The fourth-order valence-electron chi connectivity index (χ4n) is 1.77. The molecule has 0 aromatic heterocycles. The minimum atomic E-state index is -0.920. The monoisotopic (exact) mass is 173 g/mol. The third kappa shape index (κ3) is 2.44. The van der Waals surface area contributed by atoms with E-state index in [4.69, 9.17) is 4.74 Å². The number of rotatable bonds is 3. The van der Waals surface area contributed by atoms with Gasteiger partial charge in [-0.15, -0.1) is 0 Å². The maximum atomic E-state index is 9.89. The van der Waals surface area contributed by atoms with E-state index >= 15 is 0 Å². The number of nitrogens with one attached hydrogen (secondary N) is 1. The zero-order valence-electron chi connectivity index (χ0n) is 7.97. The summed E-state index contributed by atoms with van der Waals surface area (Å²) in [6, 6.07) is 0. The van der Waals surface area contributed by atoms with E-state index in [0.29, 0.717) is 12.5 Å². The van der Waals surface area contributed by atoms with Crippen molar-refractivity contribution < 1.29 is 9.84 Å². The van der Waals surface area contributed by atoms with Crippen molar-refractivity contribution in [2.24, 2.45) is 5.92 Å². The molecular formula is C9H19NO2. The largest absolute Gasteiger partial charge is 0.365 e. The van der Waals surface area contributed by atoms with Gasteiger partial charge in [0.2, 0.25) is 0 Å². The van der Waals surface area contributed by atoms with Crippen LogP contribution < -0.4 is 5.32 Å². The Morgan fingerprint density at radius 1 is 1.50 bits per heavy atom. The second-order valence-corrected chi connectivity index (χ2v) is 3.51. The molecule has 1 aliphatic rings. The van der Waals surface area contributed by atoms with E-state index in [0.717, 1.165) is 25.9 Å². The molecule has 0 aliphatic carbocycles. The van der Waals surface area contributed by atoms with Crippen LogP contribution in [0.4, 0.5) is 0 Å². The van der Waals surface area contributed by atoms with E-state index in [1.165, 1.54) is 0 Å². The van der Waals surface area contributed by atoms with Gasteiger partial charge in [0.05, 0.1) is 0 Å². The molecule has 1 aliphatic heterocycles. The number of hydrogen-bond acceptors (Lipinski definition) is 3. The molecule has 0 spiro atoms. The summed E-state index contributed by atoms with van der Waals surface area (Å²) < 4.78 is 5.30. The molecule has 1 atom stereocenters. The van der Waals surface area contributed by atoms with Crippen LogP contribution in [0.15, 0.2) is 0 Å². The van der Waals surface area contributed by atoms with E-state index < -0.39 is 5.79 Å². The van der Waals surface area contributed by atoms with Crippen molar-refractivity contribution in [2.45, 2.75) is 32.5 Å². The first-order valence-corrected chi connectivity index (χ1v) is 4.74. The van der Waals surface area contributed by atoms with Crippen LogP contribution in [0, 0.1) is 5.92 Å². The Morgan fingerprint density at radius 2 is 2.08 bits per heavy atom. The number of piperidine rings is 1. The van der Waals surface area contributed by atoms with Crippen LogP contribution in [-0.4, -0.2) is 30.6 Å². The van der Waals surface area contributed by atoms with Crippen molar-refractivity contribution in [3.63, 3.8) is 0 Å². The molecule has 0 saturated carbocycles. The van der Waals surface area contributed by atoms with Gasteiger partial charge in [-0.1, -0.05) is 0 Å². The average Bonchev–Trinajstić information content (AvgIpc) is 2.06. The van der Waals surface area contributed by atoms with Gasteiger partial charge in [0.1, 0.15) is 0 Å². The summed E-state index contributed by atoms with van der Waals surface area (Å²) >= 11 is 0. The Bertz CT molecular complexity index is 130. The maximum absolute atomic E-state index is 9.89. The van der Waals surface area contributed by atoms with Crippen LogP contribution in [0.5, 0.6) is 0 Å². The van der Waals surface area contributed by atoms with Crippen LogP contribution in [0.25, 0.3) is 0 Å². The van der Waals surface area contributed by atoms with E-state index in [2.05, 4.69) is 5.32 Å². The van der Waals surface area contributed by atoms with E-state index in [1.54, 1.807) is 6.92 Å². The molecule has 0 amide bonds. The molecule has 1 unspecified atom stereocenters. The highest BCUT2D eigenvalue weighted by molar-refractivity contribution is 4.78. The van der Waals surface area contributed by atoms with Gasteiger partial charge in [-0.2, -0.15) is 0 Å². The smallest absolute Gasteiger partial charge is 0.165 e. The molecule has 12 heavy (non-hydrogen) atoms. The van der Waals surface area contributed by atoms with Crippen LogP contribution in [0.2, 0.25) is 0 Å². The molecular weight excluding hydrogens is 154 g/mol. The summed E-state index contributed by atoms with van der Waals surface area (Å²) in [5, 5.41) is 13.2. The first-order chi connectivity index (χ1) is 5.67. The van der Waals surface area contributed by atoms with Gasteiger partial charge in [-0.05, 0) is 39.8 Å². The predicted molar refractivity (Wildman–Crippen MR) is 47.8 cm³/mol. The lowest BCUT2D eigenvalue weighted by atomic mass is 9.90. The van der Waals surface area contributed by atoms with Gasteiger partial charge in [0.25, 0.3) is 0 Å². The second-order valence-electron chi connectivity index (χ2n) is 3.51. The standard InChI is InChI=1S/C9H19NO2/c1-3-12-9(2,11)8-4-6-10-7-5-8/h8,10-11H,3-7H2,1-2H3. The quantitative estimate of drug-likeness (QED) is 0.618. The zero-order chi connectivity index (χ0) is 9.03. The lowest BCUT2D eigenvalue weighted by Gasteiger charge is -2.35. The molecule has 3 nitrogen and oxygen atoms in total. The van der Waals surface area contributed by atoms with Crippen LogP contribution >= 0.6 is 0 Å². The van der Waals surface area contributed by atoms with Crippen LogP contribution in [0.1, 0.15) is 26.7 Å². The third-order valence-electron chi connectivity index (χ3n) is 2.53. The van der Waals surface area contributed by atoms with Crippen LogP contribution in [-0.2, 0) is 4.74 Å². The van der Waals surface area contributed by atoms with E-state index in [9.17, 15) is 5.11 Å². The normalized spacial score (nSPS) is 25.2. The molecule has 0 aromatic carbocycles. The molecule has 0 bridgehead atoms. The molecule has 0 radical (unpaired) electrons. The molecule has 2 N–H and O–H groups in total. The molecule has 0 aromatic rings. The zero-order valence-corrected chi connectivity index (χ0v) is 7.97. The highest BCUT2D eigenvalue weighted by atomic mass is 16.6. The highest BCUT2D eigenvalue weighted by Gasteiger charge is 2.32. The second kappa shape index (κ2) is 4.21. The molecule has 72 valence electrons. The number of hydrogen-bond donors (Lipinski definition) is 2. The predicted octanol–water partition coefficient (Wildman–Crippen LogP) is 0.731. The lowest BCUT2D eigenvalue weighted by Crippen LogP contribution is -2.43. The molecule has 1 fully saturated rings. The number of ether oxygens (including phenoxy) is 1. The molecule has 1 rings (SSSR count). The van der Waals surface area contributed by atoms with Gasteiger partial charge < -0.3 is 15.2 Å². The minimum Gasteiger partial charge on any atom is -0.365 e. The topological polar surface area (TPSA) is 41.5 Å². The van der Waals surface area contributed by atoms with Crippen molar-refractivity contribution in [1.82, 2.24) is 5.32 Å². The molecule has 1 saturated heterocycles. The van der Waals surface area contributed by atoms with Crippen molar-refractivity contribution >= 4 is 0 Å². The summed E-state index contributed by atoms with van der Waals surface area (Å²) in [5.41, 5.74) is 0. The first-order valence-electron chi connectivity index (χ1n) is 4.74. The van der Waals surface area contributed by atoms with Gasteiger partial charge in [0.15, 0.2) is 5.79 Å². The number of aliphatic hydroxyl groups is 1. The lowest BCUT2D eigenvalue weighted by molar-refractivity contribution is -0.225. The summed E-state index contributed by atoms with van der Waals surface area (Å²) in [6.07, 6.45) is 2.01. The summed E-state index contributed by atoms with van der Waals surface area (Å²) in [6.45, 7) is 6.25. The van der Waals surface area contributed by atoms with Gasteiger partial charge in [0, 0.05) is 12.5 Å². The Balaban J connectivity index is 2.41. The average molecular weight is 173 g/mol. The highest BCUT2D eigenvalue weighted by Crippen LogP contribution is 2.26. The van der Waals surface area contributed by atoms with Gasteiger partial charge >= 0.3 is 0 Å². The van der Waals surface area contributed by atoms with Gasteiger partial charge in [-0.3, -0.25) is 0 Å². The van der Waals surface area contributed by atoms with E-state index in [-0.39, 0.29) is 0 Å². The Morgan fingerprint density at radius 3 is 2.58 bits per heavy atom. The summed E-state index contributed by atoms with van der Waals surface area (Å²) in [5.74, 6) is -0.629. The van der Waals surface area contributed by atoms with Crippen molar-refractivity contribution in [1.29, 1.82) is 0 Å². The van der Waals surface area contributed by atoms with Gasteiger partial charge in [-0.25, -0.2) is 0 Å². The summed E-state index contributed by atoms with van der Waals surface area (Å²) in [7, 11) is 0. The fourth-order valence-corrected chi connectivity index (χ4v) is 1.77. The summed E-state index contributed by atoms with van der Waals surface area (Å²) in [4.78, 5) is 0. The SMILES string of the molecule is CCOC(C)(O)C1CCNCC1. The Kier molecular flexibility index (Phi) is 3.50. The van der Waals surface area contributed by atoms with E-state index in [1.807, 2.05) is 6.92 Å². The third-order valence-corrected chi connectivity index (χ3v) is 2.53. The first kappa shape index (κ1) is 9.96. The van der Waals surface area contributed by atoms with Crippen molar-refractivity contribution in [2.75, 3.05) is 19.7 Å². The van der Waals surface area contributed by atoms with Crippen molar-refractivity contribution in [3.05, 3.63) is 0 Å². The molecule has 1 heterocycles. The molecule has 3 heteroatoms. The maximum Gasteiger partial charge on any atom is 0.165 e. The Hall–Kier alpha value is -0.120. The fraction of sp³-hybridized carbons (Fsp3) is 1.00. The minimum absolute atomic E-state index is 0.290. The Labute approximate surface area is 74.1 Å².